The Labute approximate surface area is 58.5 Å². The first-order valence-electron chi connectivity index (χ1n) is 2.78. The van der Waals surface area contributed by atoms with Gasteiger partial charge in [0.25, 0.3) is 5.88 Å². The topological polar surface area (TPSA) is 59.9 Å². The van der Waals surface area contributed by atoms with Crippen molar-refractivity contribution >= 4 is 5.95 Å². The number of rotatable bonds is 2. The van der Waals surface area contributed by atoms with E-state index in [9.17, 15) is 0 Å². The first-order chi connectivity index (χ1) is 4.86. The Bertz CT molecular complexity index is 174. The Morgan fingerprint density at radius 2 is 2.30 bits per heavy atom. The zero-order valence-electron chi connectivity index (χ0n) is 5.83. The highest BCUT2D eigenvalue weighted by Gasteiger charge is 1.93. The van der Waals surface area contributed by atoms with E-state index in [-0.39, 0.29) is 0 Å². The standard InChI is InChI=1S/C5H8N4O/c1-6-5-7-3-4(10-2)8-9-5/h3H,1-2H3,(H,6,7,9). The molecular weight excluding hydrogens is 132 g/mol. The van der Waals surface area contributed by atoms with Crippen LogP contribution >= 0.6 is 0 Å². The van der Waals surface area contributed by atoms with Crippen LogP contribution in [0.1, 0.15) is 0 Å². The van der Waals surface area contributed by atoms with Gasteiger partial charge in [-0.2, -0.15) is 0 Å². The number of ether oxygens (including phenoxy) is 1. The van der Waals surface area contributed by atoms with Gasteiger partial charge in [-0.05, 0) is 0 Å². The average Bonchev–Trinajstić information content (AvgIpc) is 2.05. The molecule has 0 saturated heterocycles. The van der Waals surface area contributed by atoms with Crippen LogP contribution in [0.4, 0.5) is 5.95 Å². The summed E-state index contributed by atoms with van der Waals surface area (Å²) in [6, 6.07) is 0. The lowest BCUT2D eigenvalue weighted by Crippen LogP contribution is -1.98. The van der Waals surface area contributed by atoms with Gasteiger partial charge < -0.3 is 10.1 Å². The fourth-order valence-corrected chi connectivity index (χ4v) is 0.473. The lowest BCUT2D eigenvalue weighted by atomic mass is 10.8. The summed E-state index contributed by atoms with van der Waals surface area (Å²) < 4.78 is 4.75. The largest absolute Gasteiger partial charge is 0.479 e. The van der Waals surface area contributed by atoms with Crippen molar-refractivity contribution in [3.63, 3.8) is 0 Å². The van der Waals surface area contributed by atoms with E-state index < -0.39 is 0 Å². The van der Waals surface area contributed by atoms with Gasteiger partial charge in [-0.3, -0.25) is 0 Å². The fraction of sp³-hybridized carbons (Fsp3) is 0.400. The molecule has 0 aromatic carbocycles. The Morgan fingerprint density at radius 3 is 2.70 bits per heavy atom. The van der Waals surface area contributed by atoms with Crippen molar-refractivity contribution in [3.05, 3.63) is 6.20 Å². The summed E-state index contributed by atoms with van der Waals surface area (Å²) in [5.74, 6) is 0.903. The number of methoxy groups -OCH3 is 1. The fourth-order valence-electron chi connectivity index (χ4n) is 0.473. The molecule has 5 nitrogen and oxygen atoms in total. The smallest absolute Gasteiger partial charge is 0.252 e. The molecule has 1 N–H and O–H groups in total. The number of anilines is 1. The Hall–Kier alpha value is -1.39. The average molecular weight is 140 g/mol. The molecule has 0 aliphatic heterocycles. The molecule has 5 heteroatoms. The number of hydrogen-bond acceptors (Lipinski definition) is 5. The summed E-state index contributed by atoms with van der Waals surface area (Å²) in [4.78, 5) is 3.86. The molecule has 1 aromatic rings. The Morgan fingerprint density at radius 1 is 1.50 bits per heavy atom. The van der Waals surface area contributed by atoms with Crippen molar-refractivity contribution in [3.8, 4) is 5.88 Å². The van der Waals surface area contributed by atoms with E-state index in [0.717, 1.165) is 0 Å². The molecule has 0 aliphatic carbocycles. The van der Waals surface area contributed by atoms with Gasteiger partial charge in [0.2, 0.25) is 5.95 Å². The van der Waals surface area contributed by atoms with Crippen molar-refractivity contribution < 1.29 is 4.74 Å². The molecule has 0 amide bonds. The summed E-state index contributed by atoms with van der Waals surface area (Å²) in [6.07, 6.45) is 1.50. The van der Waals surface area contributed by atoms with Crippen LogP contribution in [0.25, 0.3) is 0 Å². The molecule has 0 unspecified atom stereocenters. The maximum atomic E-state index is 4.75. The molecule has 1 aromatic heterocycles. The van der Waals surface area contributed by atoms with Crippen molar-refractivity contribution in [1.29, 1.82) is 0 Å². The van der Waals surface area contributed by atoms with E-state index in [1.807, 2.05) is 0 Å². The zero-order valence-corrected chi connectivity index (χ0v) is 5.83. The van der Waals surface area contributed by atoms with Gasteiger partial charge in [-0.25, -0.2) is 4.98 Å². The van der Waals surface area contributed by atoms with E-state index in [1.54, 1.807) is 7.05 Å². The van der Waals surface area contributed by atoms with Crippen LogP contribution in [0.15, 0.2) is 6.20 Å². The monoisotopic (exact) mass is 140 g/mol. The quantitative estimate of drug-likeness (QED) is 0.622. The summed E-state index contributed by atoms with van der Waals surface area (Å²) in [5.41, 5.74) is 0. The van der Waals surface area contributed by atoms with Gasteiger partial charge in [0.1, 0.15) is 0 Å². The molecule has 0 fully saturated rings. The second kappa shape index (κ2) is 2.95. The zero-order chi connectivity index (χ0) is 7.40. The van der Waals surface area contributed by atoms with E-state index in [4.69, 9.17) is 4.74 Å². The summed E-state index contributed by atoms with van der Waals surface area (Å²) in [5, 5.41) is 10.1. The van der Waals surface area contributed by atoms with Gasteiger partial charge in [0.05, 0.1) is 13.3 Å². The predicted octanol–water partition coefficient (Wildman–Crippen LogP) is -0.0781. The Balaban J connectivity index is 2.80. The first-order valence-corrected chi connectivity index (χ1v) is 2.78. The van der Waals surface area contributed by atoms with Gasteiger partial charge in [-0.15, -0.1) is 10.2 Å². The minimum Gasteiger partial charge on any atom is -0.479 e. The molecule has 0 radical (unpaired) electrons. The third-order valence-corrected chi connectivity index (χ3v) is 0.973. The SMILES string of the molecule is CNc1ncc(OC)nn1. The predicted molar refractivity (Wildman–Crippen MR) is 35.9 cm³/mol. The minimum atomic E-state index is 0.416. The molecule has 0 aliphatic rings. The second-order valence-electron chi connectivity index (χ2n) is 1.57. The van der Waals surface area contributed by atoms with Crippen LogP contribution in [-0.2, 0) is 0 Å². The Kier molecular flexibility index (Phi) is 1.99. The summed E-state index contributed by atoms with van der Waals surface area (Å²) in [7, 11) is 3.24. The van der Waals surface area contributed by atoms with Crippen LogP contribution in [0.2, 0.25) is 0 Å². The molecule has 0 bridgehead atoms. The minimum absolute atomic E-state index is 0.416. The van der Waals surface area contributed by atoms with E-state index in [0.29, 0.717) is 11.8 Å². The summed E-state index contributed by atoms with van der Waals surface area (Å²) in [6.45, 7) is 0. The normalized spacial score (nSPS) is 9.00. The maximum Gasteiger partial charge on any atom is 0.252 e. The highest BCUT2D eigenvalue weighted by molar-refractivity contribution is 5.20. The number of nitrogens with zero attached hydrogens (tertiary/aromatic N) is 3. The molecule has 54 valence electrons. The van der Waals surface area contributed by atoms with E-state index in [1.165, 1.54) is 13.3 Å². The molecule has 0 spiro atoms. The van der Waals surface area contributed by atoms with Crippen molar-refractivity contribution in [2.75, 3.05) is 19.5 Å². The van der Waals surface area contributed by atoms with E-state index >= 15 is 0 Å². The third-order valence-electron chi connectivity index (χ3n) is 0.973. The molecule has 1 rings (SSSR count). The van der Waals surface area contributed by atoms with Crippen molar-refractivity contribution in [2.45, 2.75) is 0 Å². The number of hydrogen-bond donors (Lipinski definition) is 1. The summed E-state index contributed by atoms with van der Waals surface area (Å²) >= 11 is 0. The van der Waals surface area contributed by atoms with Gasteiger partial charge in [-0.1, -0.05) is 0 Å². The molecule has 1 heterocycles. The van der Waals surface area contributed by atoms with Crippen LogP contribution in [-0.4, -0.2) is 29.3 Å². The van der Waals surface area contributed by atoms with Crippen LogP contribution in [0, 0.1) is 0 Å². The van der Waals surface area contributed by atoms with Gasteiger partial charge in [0.15, 0.2) is 0 Å². The lowest BCUT2D eigenvalue weighted by molar-refractivity contribution is 0.389. The van der Waals surface area contributed by atoms with Crippen LogP contribution < -0.4 is 10.1 Å². The van der Waals surface area contributed by atoms with Gasteiger partial charge in [0, 0.05) is 7.05 Å². The third kappa shape index (κ3) is 1.31. The van der Waals surface area contributed by atoms with E-state index in [2.05, 4.69) is 20.5 Å². The van der Waals surface area contributed by atoms with Crippen molar-refractivity contribution in [2.24, 2.45) is 0 Å². The van der Waals surface area contributed by atoms with Gasteiger partial charge >= 0.3 is 0 Å². The highest BCUT2D eigenvalue weighted by Crippen LogP contribution is 2.00. The van der Waals surface area contributed by atoms with Crippen molar-refractivity contribution in [1.82, 2.24) is 15.2 Å². The molecule has 10 heavy (non-hydrogen) atoms. The first kappa shape index (κ1) is 6.73. The van der Waals surface area contributed by atoms with Crippen LogP contribution in [0.5, 0.6) is 5.88 Å². The maximum absolute atomic E-state index is 4.75. The number of aromatic nitrogens is 3. The number of nitrogens with one attached hydrogen (secondary N) is 1. The molecule has 0 atom stereocenters. The lowest BCUT2D eigenvalue weighted by Gasteiger charge is -1.96. The van der Waals surface area contributed by atoms with Crippen LogP contribution in [0.3, 0.4) is 0 Å². The highest BCUT2D eigenvalue weighted by atomic mass is 16.5. The second-order valence-corrected chi connectivity index (χ2v) is 1.57. The molecular formula is C5H8N4O. The molecule has 0 saturated carbocycles.